The van der Waals surface area contributed by atoms with Crippen molar-refractivity contribution in [1.29, 1.82) is 0 Å². The highest BCUT2D eigenvalue weighted by molar-refractivity contribution is 8.04. The van der Waals surface area contributed by atoms with Crippen LogP contribution in [0.2, 0.25) is 19.6 Å². The van der Waals surface area contributed by atoms with Crippen LogP contribution in [0.15, 0.2) is 17.5 Å². The molecule has 2 aromatic heterocycles. The third-order valence-electron chi connectivity index (χ3n) is 4.34. The van der Waals surface area contributed by atoms with E-state index in [1.165, 1.54) is 23.1 Å². The lowest BCUT2D eigenvalue weighted by atomic mass is 10.0. The Bertz CT molecular complexity index is 1370. The number of thiophene rings is 2. The Hall–Kier alpha value is -2.04. The van der Waals surface area contributed by atoms with E-state index in [2.05, 4.69) is 56.1 Å². The maximum Gasteiger partial charge on any atom is 0.450 e. The first-order chi connectivity index (χ1) is 15.3. The molecule has 0 N–H and O–H groups in total. The summed E-state index contributed by atoms with van der Waals surface area (Å²) in [6.45, 7) is 10.5. The normalized spacial score (nSPS) is 11.9. The first-order valence-corrected chi connectivity index (χ1v) is 16.2. The molecule has 3 aromatic rings. The number of halogens is 3. The van der Waals surface area contributed by atoms with E-state index in [1.807, 2.05) is 11.4 Å². The van der Waals surface area contributed by atoms with Gasteiger partial charge in [-0.05, 0) is 22.8 Å². The molecule has 1 aromatic carbocycles. The largest absolute Gasteiger partial charge is 0.450 e. The summed E-state index contributed by atoms with van der Waals surface area (Å²) in [6.07, 6.45) is -6.23. The fraction of sp³-hybridized carbons (Fsp3) is 0.333. The van der Waals surface area contributed by atoms with E-state index in [4.69, 9.17) is 0 Å². The highest BCUT2D eigenvalue weighted by atomic mass is 32.2. The van der Waals surface area contributed by atoms with Crippen LogP contribution in [0.3, 0.4) is 0 Å². The molecule has 0 saturated carbocycles. The summed E-state index contributed by atoms with van der Waals surface area (Å²) >= 11 is 4.10. The number of benzene rings is 1. The zero-order chi connectivity index (χ0) is 24.6. The van der Waals surface area contributed by atoms with Crippen molar-refractivity contribution in [2.45, 2.75) is 51.3 Å². The molecular formula is C24H21F3O2S3Si. The van der Waals surface area contributed by atoms with Gasteiger partial charge in [-0.3, -0.25) is 9.59 Å². The first kappa shape index (κ1) is 25.6. The average molecular weight is 523 g/mol. The van der Waals surface area contributed by atoms with Gasteiger partial charge in [-0.2, -0.15) is 13.2 Å². The van der Waals surface area contributed by atoms with E-state index in [0.717, 1.165) is 32.4 Å². The van der Waals surface area contributed by atoms with Gasteiger partial charge in [-0.1, -0.05) is 57.1 Å². The number of carbonyl (C=O) groups is 2. The van der Waals surface area contributed by atoms with Crippen LogP contribution in [-0.4, -0.2) is 31.1 Å². The van der Waals surface area contributed by atoms with Crippen LogP contribution < -0.4 is 0 Å². The van der Waals surface area contributed by atoms with Gasteiger partial charge in [-0.25, -0.2) is 0 Å². The van der Waals surface area contributed by atoms with Crippen LogP contribution in [0.1, 0.15) is 41.1 Å². The van der Waals surface area contributed by atoms with E-state index in [9.17, 15) is 22.8 Å². The summed E-state index contributed by atoms with van der Waals surface area (Å²) in [7, 11) is -1.75. The third kappa shape index (κ3) is 6.10. The lowest BCUT2D eigenvalue weighted by Gasteiger charge is -2.06. The Balaban J connectivity index is 2.26. The zero-order valence-electron chi connectivity index (χ0n) is 18.7. The molecule has 0 aliphatic heterocycles. The van der Waals surface area contributed by atoms with Crippen LogP contribution in [-0.2, 0) is 4.79 Å². The van der Waals surface area contributed by atoms with Crippen LogP contribution in [0.5, 0.6) is 0 Å². The summed E-state index contributed by atoms with van der Waals surface area (Å²) in [4.78, 5) is 24.0. The van der Waals surface area contributed by atoms with Gasteiger partial charge in [0, 0.05) is 16.0 Å². The van der Waals surface area contributed by atoms with E-state index in [-0.39, 0.29) is 4.88 Å². The number of hydrogen-bond donors (Lipinski definition) is 0. The SMILES string of the molecule is CC(C)SC#Cc1c(C#C[Si](C)(C)C)c2sc(C(=O)CC(=O)C(F)(F)F)cc2c2ccsc12. The number of alkyl halides is 3. The van der Waals surface area contributed by atoms with E-state index in [0.29, 0.717) is 15.5 Å². The zero-order valence-corrected chi connectivity index (χ0v) is 22.1. The Morgan fingerprint density at radius 2 is 1.76 bits per heavy atom. The standard InChI is InChI=1S/C24H21F3O2S3Si/c1-14(2)30-9-6-15-17(8-11-33(3,4)5)23-18(16-7-10-31-22(15)16)12-20(32-23)19(28)13-21(29)24(25,26)27/h7,10,12,14H,13H2,1-5H3. The summed E-state index contributed by atoms with van der Waals surface area (Å²) in [5.74, 6) is 3.66. The highest BCUT2D eigenvalue weighted by Crippen LogP contribution is 2.40. The molecule has 0 bridgehead atoms. The van der Waals surface area contributed by atoms with Crippen LogP contribution in [0.4, 0.5) is 13.2 Å². The molecule has 0 atom stereocenters. The van der Waals surface area contributed by atoms with Crippen molar-refractivity contribution in [2.75, 3.05) is 0 Å². The molecule has 0 fully saturated rings. The molecule has 2 heterocycles. The minimum Gasteiger partial charge on any atom is -0.293 e. The summed E-state index contributed by atoms with van der Waals surface area (Å²) in [5, 5.41) is 7.02. The molecule has 9 heteroatoms. The first-order valence-electron chi connectivity index (χ1n) is 10.1. The minimum atomic E-state index is -5.03. The minimum absolute atomic E-state index is 0.118. The molecule has 0 aliphatic carbocycles. The van der Waals surface area contributed by atoms with Gasteiger partial charge in [0.1, 0.15) is 8.07 Å². The van der Waals surface area contributed by atoms with Gasteiger partial charge >= 0.3 is 6.18 Å². The van der Waals surface area contributed by atoms with Crippen molar-refractivity contribution in [3.8, 4) is 22.6 Å². The molecular weight excluding hydrogens is 502 g/mol. The summed E-state index contributed by atoms with van der Waals surface area (Å²) in [6, 6.07) is 3.50. The van der Waals surface area contributed by atoms with E-state index >= 15 is 0 Å². The van der Waals surface area contributed by atoms with Crippen LogP contribution in [0, 0.1) is 22.6 Å². The Kier molecular flexibility index (Phi) is 7.50. The molecule has 0 spiro atoms. The van der Waals surface area contributed by atoms with Crippen molar-refractivity contribution < 1.29 is 22.8 Å². The number of carbonyl (C=O) groups excluding carboxylic acids is 2. The van der Waals surface area contributed by atoms with E-state index in [1.54, 1.807) is 6.07 Å². The molecule has 3 rings (SSSR count). The average Bonchev–Trinajstić information content (AvgIpc) is 3.32. The maximum atomic E-state index is 12.7. The molecule has 0 radical (unpaired) electrons. The molecule has 33 heavy (non-hydrogen) atoms. The lowest BCUT2D eigenvalue weighted by molar-refractivity contribution is -0.170. The van der Waals surface area contributed by atoms with Gasteiger partial charge in [0.25, 0.3) is 0 Å². The Morgan fingerprint density at radius 1 is 1.09 bits per heavy atom. The maximum absolute atomic E-state index is 12.7. The fourth-order valence-corrected chi connectivity index (χ4v) is 5.81. The molecule has 0 saturated heterocycles. The summed E-state index contributed by atoms with van der Waals surface area (Å²) in [5.41, 5.74) is 4.83. The van der Waals surface area contributed by atoms with Crippen molar-refractivity contribution in [1.82, 2.24) is 0 Å². The van der Waals surface area contributed by atoms with Crippen LogP contribution >= 0.6 is 34.4 Å². The molecule has 0 unspecified atom stereocenters. The van der Waals surface area contributed by atoms with Crippen molar-refractivity contribution in [3.63, 3.8) is 0 Å². The Morgan fingerprint density at radius 3 is 2.36 bits per heavy atom. The van der Waals surface area contributed by atoms with Gasteiger partial charge in [0.05, 0.1) is 31.8 Å². The number of fused-ring (bicyclic) bond motifs is 3. The fourth-order valence-electron chi connectivity index (χ4n) is 2.88. The smallest absolute Gasteiger partial charge is 0.293 e. The topological polar surface area (TPSA) is 34.1 Å². The predicted molar refractivity (Wildman–Crippen MR) is 137 cm³/mol. The quantitative estimate of drug-likeness (QED) is 0.154. The molecule has 172 valence electrons. The van der Waals surface area contributed by atoms with Gasteiger partial charge < -0.3 is 0 Å². The van der Waals surface area contributed by atoms with Gasteiger partial charge in [0.15, 0.2) is 5.78 Å². The highest BCUT2D eigenvalue weighted by Gasteiger charge is 2.39. The number of rotatable bonds is 4. The number of ketones is 2. The van der Waals surface area contributed by atoms with Gasteiger partial charge in [0.2, 0.25) is 5.78 Å². The predicted octanol–water partition coefficient (Wildman–Crippen LogP) is 7.50. The van der Waals surface area contributed by atoms with Crippen LogP contribution in [0.25, 0.3) is 20.2 Å². The second-order valence-corrected chi connectivity index (χ2v) is 16.8. The second kappa shape index (κ2) is 9.67. The molecule has 0 amide bonds. The second-order valence-electron chi connectivity index (χ2n) is 8.68. The van der Waals surface area contributed by atoms with E-state index < -0.39 is 32.2 Å². The van der Waals surface area contributed by atoms with Crippen molar-refractivity contribution >= 4 is 74.2 Å². The lowest BCUT2D eigenvalue weighted by Crippen LogP contribution is -2.25. The number of hydrogen-bond acceptors (Lipinski definition) is 5. The van der Waals surface area contributed by atoms with Crippen molar-refractivity contribution in [3.05, 3.63) is 33.5 Å². The molecule has 2 nitrogen and oxygen atoms in total. The number of Topliss-reactive ketones (excluding diaryl/α,β-unsaturated/α-hetero) is 2. The monoisotopic (exact) mass is 522 g/mol. The molecule has 0 aliphatic rings. The number of thioether (sulfide) groups is 1. The van der Waals surface area contributed by atoms with Crippen molar-refractivity contribution in [2.24, 2.45) is 0 Å². The van der Waals surface area contributed by atoms with Gasteiger partial charge in [-0.15, -0.1) is 28.2 Å². The Labute approximate surface area is 204 Å². The third-order valence-corrected chi connectivity index (χ3v) is 8.03. The summed E-state index contributed by atoms with van der Waals surface area (Å²) < 4.78 is 39.7.